The summed E-state index contributed by atoms with van der Waals surface area (Å²) in [5, 5.41) is 0. The van der Waals surface area contributed by atoms with Gasteiger partial charge in [-0.15, -0.1) is 12.3 Å². The molecule has 0 spiro atoms. The van der Waals surface area contributed by atoms with Crippen molar-refractivity contribution in [1.82, 2.24) is 4.90 Å². The Morgan fingerprint density at radius 1 is 1.19 bits per heavy atom. The van der Waals surface area contributed by atoms with Crippen LogP contribution in [0.15, 0.2) is 0 Å². The van der Waals surface area contributed by atoms with Gasteiger partial charge in [-0.1, -0.05) is 6.42 Å². The first kappa shape index (κ1) is 12.0. The lowest BCUT2D eigenvalue weighted by atomic mass is 9.82. The fourth-order valence-corrected chi connectivity index (χ4v) is 3.41. The van der Waals surface area contributed by atoms with E-state index >= 15 is 0 Å². The highest BCUT2D eigenvalue weighted by Crippen LogP contribution is 2.33. The summed E-state index contributed by atoms with van der Waals surface area (Å²) in [6, 6.07) is 2.00. The first-order chi connectivity index (χ1) is 7.81. The minimum Gasteiger partial charge on any atom is -0.328 e. The van der Waals surface area contributed by atoms with Gasteiger partial charge in [0.05, 0.1) is 0 Å². The lowest BCUT2D eigenvalue weighted by molar-refractivity contribution is 0.0304. The normalized spacial score (nSPS) is 34.6. The number of fused-ring (bicyclic) bond motifs is 2. The van der Waals surface area contributed by atoms with Crippen LogP contribution in [0.5, 0.6) is 0 Å². The Hall–Kier alpha value is -0.520. The first-order valence-corrected chi connectivity index (χ1v) is 6.76. The Morgan fingerprint density at radius 3 is 2.50 bits per heavy atom. The molecule has 2 aliphatic rings. The minimum absolute atomic E-state index is 0.456. The second-order valence-corrected chi connectivity index (χ2v) is 5.37. The lowest BCUT2D eigenvalue weighted by Crippen LogP contribution is -2.55. The van der Waals surface area contributed by atoms with Crippen LogP contribution in [0.1, 0.15) is 51.4 Å². The van der Waals surface area contributed by atoms with Gasteiger partial charge in [0, 0.05) is 24.5 Å². The summed E-state index contributed by atoms with van der Waals surface area (Å²) in [7, 11) is 0. The number of hydrogen-bond donors (Lipinski definition) is 1. The van der Waals surface area contributed by atoms with Crippen LogP contribution in [-0.2, 0) is 0 Å². The summed E-state index contributed by atoms with van der Waals surface area (Å²) in [6.07, 6.45) is 15.2. The maximum Gasteiger partial charge on any atom is 0.0113 e. The molecular formula is C14H24N2. The van der Waals surface area contributed by atoms with E-state index < -0.39 is 0 Å². The highest BCUT2D eigenvalue weighted by molar-refractivity contribution is 4.94. The molecule has 0 aromatic rings. The van der Waals surface area contributed by atoms with E-state index in [9.17, 15) is 0 Å². The number of nitrogens with two attached hydrogens (primary N) is 1. The number of rotatable bonds is 4. The number of nitrogens with zero attached hydrogens (tertiary/aromatic N) is 1. The predicted molar refractivity (Wildman–Crippen MR) is 68.0 cm³/mol. The van der Waals surface area contributed by atoms with E-state index in [2.05, 4.69) is 10.8 Å². The zero-order chi connectivity index (χ0) is 11.4. The van der Waals surface area contributed by atoms with Gasteiger partial charge >= 0.3 is 0 Å². The topological polar surface area (TPSA) is 29.3 Å². The number of unbranched alkanes of at least 4 members (excludes halogenated alkanes) is 2. The fourth-order valence-electron chi connectivity index (χ4n) is 3.41. The molecular weight excluding hydrogens is 196 g/mol. The molecule has 2 fully saturated rings. The molecule has 2 bridgehead atoms. The van der Waals surface area contributed by atoms with Crippen molar-refractivity contribution in [3.8, 4) is 12.3 Å². The zero-order valence-electron chi connectivity index (χ0n) is 10.2. The van der Waals surface area contributed by atoms with E-state index in [1.807, 2.05) is 0 Å². The van der Waals surface area contributed by atoms with Gasteiger partial charge in [0.15, 0.2) is 0 Å². The van der Waals surface area contributed by atoms with E-state index in [-0.39, 0.29) is 0 Å². The lowest BCUT2D eigenvalue weighted by Gasteiger charge is -2.48. The third-order valence-corrected chi connectivity index (χ3v) is 4.15. The van der Waals surface area contributed by atoms with Gasteiger partial charge in [0.1, 0.15) is 0 Å². The SMILES string of the molecule is C#CCCCCN1C2CCCC1CC(N)C2. The van der Waals surface area contributed by atoms with Gasteiger partial charge < -0.3 is 5.73 Å². The molecule has 0 aliphatic carbocycles. The van der Waals surface area contributed by atoms with Crippen LogP contribution in [0, 0.1) is 12.3 Å². The highest BCUT2D eigenvalue weighted by atomic mass is 15.2. The molecule has 90 valence electrons. The van der Waals surface area contributed by atoms with E-state index in [1.54, 1.807) is 0 Å². The Morgan fingerprint density at radius 2 is 1.88 bits per heavy atom. The van der Waals surface area contributed by atoms with Crippen molar-refractivity contribution in [2.75, 3.05) is 6.54 Å². The van der Waals surface area contributed by atoms with Crippen molar-refractivity contribution in [2.24, 2.45) is 5.73 Å². The smallest absolute Gasteiger partial charge is 0.0113 e. The molecule has 0 aromatic heterocycles. The third-order valence-electron chi connectivity index (χ3n) is 4.15. The fraction of sp³-hybridized carbons (Fsp3) is 0.857. The molecule has 2 heterocycles. The van der Waals surface area contributed by atoms with Crippen LogP contribution in [-0.4, -0.2) is 29.6 Å². The predicted octanol–water partition coefficient (Wildman–Crippen LogP) is 2.13. The molecule has 0 aromatic carbocycles. The molecule has 2 rings (SSSR count). The summed E-state index contributed by atoms with van der Waals surface area (Å²) >= 11 is 0. The summed E-state index contributed by atoms with van der Waals surface area (Å²) in [6.45, 7) is 1.24. The monoisotopic (exact) mass is 220 g/mol. The standard InChI is InChI=1S/C14H24N2/c1-2-3-4-5-9-16-13-7-6-8-14(16)11-12(15)10-13/h1,12-14H,3-11,15H2. The highest BCUT2D eigenvalue weighted by Gasteiger charge is 2.36. The van der Waals surface area contributed by atoms with E-state index in [0.29, 0.717) is 6.04 Å². The Bertz CT molecular complexity index is 242. The summed E-state index contributed by atoms with van der Waals surface area (Å²) in [5.41, 5.74) is 6.11. The van der Waals surface area contributed by atoms with Crippen molar-refractivity contribution in [3.05, 3.63) is 0 Å². The summed E-state index contributed by atoms with van der Waals surface area (Å²) < 4.78 is 0. The molecule has 0 amide bonds. The number of terminal acetylenes is 1. The van der Waals surface area contributed by atoms with Gasteiger partial charge in [0.25, 0.3) is 0 Å². The average Bonchev–Trinajstić information content (AvgIpc) is 2.25. The van der Waals surface area contributed by atoms with Gasteiger partial charge in [-0.2, -0.15) is 0 Å². The van der Waals surface area contributed by atoms with Crippen molar-refractivity contribution < 1.29 is 0 Å². The van der Waals surface area contributed by atoms with Gasteiger partial charge in [0.2, 0.25) is 0 Å². The molecule has 16 heavy (non-hydrogen) atoms. The Labute approximate surface area is 99.6 Å². The van der Waals surface area contributed by atoms with Crippen molar-refractivity contribution >= 4 is 0 Å². The largest absolute Gasteiger partial charge is 0.328 e. The third kappa shape index (κ3) is 2.78. The Balaban J connectivity index is 1.81. The molecule has 0 saturated carbocycles. The molecule has 2 atom stereocenters. The maximum atomic E-state index is 6.11. The first-order valence-electron chi connectivity index (χ1n) is 6.76. The second-order valence-electron chi connectivity index (χ2n) is 5.37. The molecule has 2 N–H and O–H groups in total. The van der Waals surface area contributed by atoms with Crippen LogP contribution in [0.4, 0.5) is 0 Å². The van der Waals surface area contributed by atoms with E-state index in [0.717, 1.165) is 18.5 Å². The van der Waals surface area contributed by atoms with Crippen molar-refractivity contribution in [2.45, 2.75) is 69.5 Å². The Kier molecular flexibility index (Phi) is 4.26. The van der Waals surface area contributed by atoms with Crippen LogP contribution in [0.3, 0.4) is 0 Å². The maximum absolute atomic E-state index is 6.11. The average molecular weight is 220 g/mol. The number of piperidine rings is 2. The zero-order valence-corrected chi connectivity index (χ0v) is 10.2. The summed E-state index contributed by atoms with van der Waals surface area (Å²) in [4.78, 5) is 2.73. The molecule has 2 aliphatic heterocycles. The molecule has 2 heteroatoms. The van der Waals surface area contributed by atoms with Crippen LogP contribution >= 0.6 is 0 Å². The molecule has 2 unspecified atom stereocenters. The second kappa shape index (κ2) is 5.70. The van der Waals surface area contributed by atoms with Crippen LogP contribution in [0.25, 0.3) is 0 Å². The van der Waals surface area contributed by atoms with Crippen molar-refractivity contribution in [3.63, 3.8) is 0 Å². The number of hydrogen-bond acceptors (Lipinski definition) is 2. The summed E-state index contributed by atoms with van der Waals surface area (Å²) in [5.74, 6) is 2.72. The van der Waals surface area contributed by atoms with Gasteiger partial charge in [-0.05, 0) is 45.1 Å². The van der Waals surface area contributed by atoms with Gasteiger partial charge in [-0.3, -0.25) is 4.90 Å². The van der Waals surface area contributed by atoms with E-state index in [4.69, 9.17) is 12.2 Å². The van der Waals surface area contributed by atoms with Gasteiger partial charge in [-0.25, -0.2) is 0 Å². The van der Waals surface area contributed by atoms with Crippen LogP contribution < -0.4 is 5.73 Å². The molecule has 2 saturated heterocycles. The quantitative estimate of drug-likeness (QED) is 0.581. The van der Waals surface area contributed by atoms with Crippen molar-refractivity contribution in [1.29, 1.82) is 0 Å². The molecule has 0 radical (unpaired) electrons. The molecule has 2 nitrogen and oxygen atoms in total. The van der Waals surface area contributed by atoms with Crippen LogP contribution in [0.2, 0.25) is 0 Å². The van der Waals surface area contributed by atoms with E-state index in [1.165, 1.54) is 51.5 Å². The minimum atomic E-state index is 0.456.